The third-order valence-electron chi connectivity index (χ3n) is 7.66. The van der Waals surface area contributed by atoms with Crippen molar-refractivity contribution in [1.29, 1.82) is 0 Å². The molecule has 1 aliphatic heterocycles. The Morgan fingerprint density at radius 3 is 2.53 bits per heavy atom. The number of unbranched alkanes of at least 4 members (excludes halogenated alkanes) is 1. The van der Waals surface area contributed by atoms with E-state index < -0.39 is 0 Å². The van der Waals surface area contributed by atoms with E-state index in [1.807, 2.05) is 6.92 Å². The molecule has 1 saturated heterocycles. The highest BCUT2D eigenvalue weighted by molar-refractivity contribution is 6.36. The van der Waals surface area contributed by atoms with Gasteiger partial charge in [0.15, 0.2) is 0 Å². The van der Waals surface area contributed by atoms with Crippen molar-refractivity contribution in [2.24, 2.45) is 5.73 Å². The maximum absolute atomic E-state index is 6.79. The molecule has 5 heteroatoms. The first kappa shape index (κ1) is 28.3. The molecule has 0 radical (unpaired) electrons. The van der Waals surface area contributed by atoms with E-state index in [0.717, 1.165) is 95.8 Å². The van der Waals surface area contributed by atoms with E-state index in [9.17, 15) is 0 Å². The maximum Gasteiger partial charge on any atom is 0.0727 e. The molecule has 1 aliphatic rings. The summed E-state index contributed by atoms with van der Waals surface area (Å²) < 4.78 is 0. The minimum absolute atomic E-state index is 0.0227. The zero-order valence-electron chi connectivity index (χ0n) is 22.9. The molecule has 2 aromatic rings. The molecule has 0 spiro atoms. The van der Waals surface area contributed by atoms with Crippen LogP contribution in [0.3, 0.4) is 0 Å². The fourth-order valence-electron chi connectivity index (χ4n) is 5.19. The van der Waals surface area contributed by atoms with Crippen molar-refractivity contribution in [3.8, 4) is 0 Å². The van der Waals surface area contributed by atoms with Crippen LogP contribution in [0.15, 0.2) is 49.2 Å². The Hall–Kier alpha value is -2.30. The number of piperazine rings is 1. The number of fused-ring (bicyclic) bond motifs is 1. The first-order valence-electron chi connectivity index (χ1n) is 13.6. The van der Waals surface area contributed by atoms with Gasteiger partial charge in [0.05, 0.1) is 10.5 Å². The third-order valence-corrected chi connectivity index (χ3v) is 8.09. The molecular formula is C31H45ClN4. The summed E-state index contributed by atoms with van der Waals surface area (Å²) in [5.41, 5.74) is 13.8. The number of aromatic nitrogens is 1. The Morgan fingerprint density at radius 1 is 1.14 bits per heavy atom. The molecule has 2 heterocycles. The smallest absolute Gasteiger partial charge is 0.0727 e. The number of halogens is 1. The normalized spacial score (nSPS) is 16.9. The largest absolute Gasteiger partial charge is 0.369 e. The molecule has 0 saturated carbocycles. The fourth-order valence-corrected chi connectivity index (χ4v) is 5.60. The van der Waals surface area contributed by atoms with Gasteiger partial charge in [-0.05, 0) is 62.6 Å². The number of pyridine rings is 1. The van der Waals surface area contributed by atoms with E-state index in [1.54, 1.807) is 0 Å². The summed E-state index contributed by atoms with van der Waals surface area (Å²) >= 11 is 6.79. The summed E-state index contributed by atoms with van der Waals surface area (Å²) in [5, 5.41) is 1.86. The lowest BCUT2D eigenvalue weighted by Crippen LogP contribution is -2.51. The molecule has 1 aromatic heterocycles. The molecule has 0 aliphatic carbocycles. The van der Waals surface area contributed by atoms with Crippen LogP contribution in [-0.2, 0) is 12.8 Å². The van der Waals surface area contributed by atoms with E-state index in [2.05, 4.69) is 68.5 Å². The second-order valence-electron chi connectivity index (χ2n) is 10.2. The van der Waals surface area contributed by atoms with Gasteiger partial charge >= 0.3 is 0 Å². The molecule has 2 unspecified atom stereocenters. The van der Waals surface area contributed by atoms with Gasteiger partial charge in [-0.15, -0.1) is 0 Å². The molecule has 0 amide bonds. The zero-order chi connectivity index (χ0) is 26.4. The standard InChI is InChI=1S/C31H45ClN4/c1-8-11-12-22(5)36-18-17-35(20-26(36)15-13-21(4)23(6)33)24(7)25-14-16-28-30(19-25)34-29(10-3)27(9-2)31(28)32/h14,16,19,23,26H,4-5,7-13,15,17-18,20,33H2,1-3,6H3. The Kier molecular flexibility index (Phi) is 10.0. The second kappa shape index (κ2) is 12.8. The van der Waals surface area contributed by atoms with E-state index >= 15 is 0 Å². The van der Waals surface area contributed by atoms with Gasteiger partial charge in [-0.3, -0.25) is 4.98 Å². The number of nitrogens with zero attached hydrogens (tertiary/aromatic N) is 3. The first-order chi connectivity index (χ1) is 17.2. The molecule has 196 valence electrons. The highest BCUT2D eigenvalue weighted by Crippen LogP contribution is 2.33. The van der Waals surface area contributed by atoms with Gasteiger partial charge in [0.25, 0.3) is 0 Å². The predicted molar refractivity (Wildman–Crippen MR) is 157 cm³/mol. The molecule has 0 bridgehead atoms. The summed E-state index contributed by atoms with van der Waals surface area (Å²) in [6, 6.07) is 6.79. The molecule has 1 aromatic carbocycles. The zero-order valence-corrected chi connectivity index (χ0v) is 23.6. The van der Waals surface area contributed by atoms with Crippen molar-refractivity contribution < 1.29 is 0 Å². The molecule has 1 fully saturated rings. The SMILES string of the molecule is C=C(CCC1CN(C(=C)c2ccc3c(Cl)c(CC)c(CC)nc3c2)CCN1C(=C)CCCC)C(C)N. The number of hydrogen-bond acceptors (Lipinski definition) is 4. The number of hydrogen-bond donors (Lipinski definition) is 1. The highest BCUT2D eigenvalue weighted by Gasteiger charge is 2.29. The highest BCUT2D eigenvalue weighted by atomic mass is 35.5. The minimum Gasteiger partial charge on any atom is -0.369 e. The average molecular weight is 509 g/mol. The summed E-state index contributed by atoms with van der Waals surface area (Å²) in [4.78, 5) is 9.92. The van der Waals surface area contributed by atoms with E-state index in [4.69, 9.17) is 22.3 Å². The van der Waals surface area contributed by atoms with Crippen LogP contribution in [-0.4, -0.2) is 46.5 Å². The summed E-state index contributed by atoms with van der Waals surface area (Å²) in [6.45, 7) is 24.5. The molecule has 4 nitrogen and oxygen atoms in total. The minimum atomic E-state index is 0.0227. The van der Waals surface area contributed by atoms with E-state index in [0.29, 0.717) is 6.04 Å². The van der Waals surface area contributed by atoms with Crippen LogP contribution in [0, 0.1) is 0 Å². The number of benzene rings is 1. The van der Waals surface area contributed by atoms with Crippen molar-refractivity contribution in [3.63, 3.8) is 0 Å². The van der Waals surface area contributed by atoms with Crippen LogP contribution in [0.5, 0.6) is 0 Å². The van der Waals surface area contributed by atoms with Crippen LogP contribution in [0.4, 0.5) is 0 Å². The Bertz CT molecular complexity index is 1100. The lowest BCUT2D eigenvalue weighted by molar-refractivity contribution is 0.131. The van der Waals surface area contributed by atoms with Crippen LogP contribution >= 0.6 is 11.6 Å². The lowest BCUT2D eigenvalue weighted by atomic mass is 9.97. The number of aryl methyl sites for hydroxylation is 1. The first-order valence-corrected chi connectivity index (χ1v) is 14.0. The molecule has 2 atom stereocenters. The predicted octanol–water partition coefficient (Wildman–Crippen LogP) is 7.36. The summed E-state index contributed by atoms with van der Waals surface area (Å²) in [5.74, 6) is 0. The second-order valence-corrected chi connectivity index (χ2v) is 10.6. The van der Waals surface area contributed by atoms with Gasteiger partial charge in [0, 0.05) is 54.2 Å². The number of rotatable bonds is 12. The van der Waals surface area contributed by atoms with Crippen LogP contribution in [0.2, 0.25) is 5.02 Å². The summed E-state index contributed by atoms with van der Waals surface area (Å²) in [6.07, 6.45) is 7.13. The average Bonchev–Trinajstić information content (AvgIpc) is 2.89. The topological polar surface area (TPSA) is 45.4 Å². The van der Waals surface area contributed by atoms with Gasteiger partial charge in [0.2, 0.25) is 0 Å². The molecule has 3 rings (SSSR count). The number of allylic oxidation sites excluding steroid dienone is 1. The van der Waals surface area contributed by atoms with Crippen molar-refractivity contribution in [3.05, 3.63) is 71.0 Å². The van der Waals surface area contributed by atoms with Crippen molar-refractivity contribution in [2.45, 2.75) is 84.7 Å². The van der Waals surface area contributed by atoms with Gasteiger partial charge in [0.1, 0.15) is 0 Å². The van der Waals surface area contributed by atoms with Crippen LogP contribution in [0.25, 0.3) is 16.6 Å². The van der Waals surface area contributed by atoms with Crippen molar-refractivity contribution >= 4 is 28.2 Å². The Labute approximate surface area is 223 Å². The molecular weight excluding hydrogens is 464 g/mol. The lowest BCUT2D eigenvalue weighted by Gasteiger charge is -2.45. The molecule has 36 heavy (non-hydrogen) atoms. The maximum atomic E-state index is 6.79. The fraction of sp³-hybridized carbons (Fsp3) is 0.516. The van der Waals surface area contributed by atoms with E-state index in [-0.39, 0.29) is 6.04 Å². The van der Waals surface area contributed by atoms with Crippen molar-refractivity contribution in [2.75, 3.05) is 19.6 Å². The van der Waals surface area contributed by atoms with Crippen LogP contribution in [0.1, 0.15) is 76.6 Å². The van der Waals surface area contributed by atoms with Gasteiger partial charge in [-0.25, -0.2) is 0 Å². The number of nitrogens with two attached hydrogens (primary N) is 1. The Balaban J connectivity index is 1.83. The summed E-state index contributed by atoms with van der Waals surface area (Å²) in [7, 11) is 0. The quantitative estimate of drug-likeness (QED) is 0.304. The van der Waals surface area contributed by atoms with Gasteiger partial charge in [-0.2, -0.15) is 0 Å². The third kappa shape index (κ3) is 6.33. The van der Waals surface area contributed by atoms with E-state index in [1.165, 1.54) is 18.5 Å². The van der Waals surface area contributed by atoms with Gasteiger partial charge < -0.3 is 15.5 Å². The Morgan fingerprint density at radius 2 is 1.89 bits per heavy atom. The molecule has 2 N–H and O–H groups in total. The van der Waals surface area contributed by atoms with Crippen molar-refractivity contribution in [1.82, 2.24) is 14.8 Å². The monoisotopic (exact) mass is 508 g/mol. The van der Waals surface area contributed by atoms with Gasteiger partial charge in [-0.1, -0.05) is 76.2 Å². The van der Waals surface area contributed by atoms with Crippen LogP contribution < -0.4 is 5.73 Å².